The molecule has 23 heavy (non-hydrogen) atoms. The number of rotatable bonds is 3. The number of nitrogens with zero attached hydrogens (tertiary/aromatic N) is 4. The molecule has 3 heterocycles. The van der Waals surface area contributed by atoms with Gasteiger partial charge in [-0.25, -0.2) is 9.97 Å². The van der Waals surface area contributed by atoms with Crippen LogP contribution >= 0.6 is 11.8 Å². The van der Waals surface area contributed by atoms with E-state index in [-0.39, 0.29) is 0 Å². The van der Waals surface area contributed by atoms with Gasteiger partial charge in [0.05, 0.1) is 0 Å². The van der Waals surface area contributed by atoms with E-state index in [4.69, 9.17) is 0 Å². The Labute approximate surface area is 142 Å². The number of anilines is 1. The van der Waals surface area contributed by atoms with Gasteiger partial charge in [-0.05, 0) is 32.6 Å². The maximum absolute atomic E-state index is 12.4. The van der Waals surface area contributed by atoms with Crippen molar-refractivity contribution in [2.75, 3.05) is 42.6 Å². The van der Waals surface area contributed by atoms with Crippen LogP contribution in [-0.2, 0) is 4.79 Å². The summed E-state index contributed by atoms with van der Waals surface area (Å²) in [6, 6.07) is 0. The Bertz CT molecular complexity index is 552. The third-order valence-corrected chi connectivity index (χ3v) is 5.99. The Morgan fingerprint density at radius 3 is 2.57 bits per heavy atom. The molecule has 126 valence electrons. The van der Waals surface area contributed by atoms with E-state index in [2.05, 4.69) is 26.7 Å². The van der Waals surface area contributed by atoms with E-state index in [1.54, 1.807) is 6.33 Å². The molecule has 0 aliphatic carbocycles. The highest BCUT2D eigenvalue weighted by molar-refractivity contribution is 7.99. The van der Waals surface area contributed by atoms with Crippen LogP contribution in [0.4, 0.5) is 5.82 Å². The molecule has 1 amide bonds. The lowest BCUT2D eigenvalue weighted by atomic mass is 9.92. The van der Waals surface area contributed by atoms with Gasteiger partial charge >= 0.3 is 0 Å². The maximum atomic E-state index is 12.4. The molecule has 5 nitrogen and oxygen atoms in total. The first kappa shape index (κ1) is 16.6. The van der Waals surface area contributed by atoms with Crippen molar-refractivity contribution in [1.29, 1.82) is 0 Å². The van der Waals surface area contributed by atoms with Gasteiger partial charge in [0.15, 0.2) is 0 Å². The fourth-order valence-corrected chi connectivity index (χ4v) is 4.29. The first-order valence-corrected chi connectivity index (χ1v) is 9.69. The predicted octanol–water partition coefficient (Wildman–Crippen LogP) is 2.28. The van der Waals surface area contributed by atoms with Crippen LogP contribution in [0.15, 0.2) is 6.33 Å². The Morgan fingerprint density at radius 2 is 1.87 bits per heavy atom. The smallest absolute Gasteiger partial charge is 0.222 e. The van der Waals surface area contributed by atoms with Crippen LogP contribution in [0.2, 0.25) is 0 Å². The summed E-state index contributed by atoms with van der Waals surface area (Å²) in [6.45, 7) is 7.97. The molecule has 0 unspecified atom stereocenters. The Morgan fingerprint density at radius 1 is 1.17 bits per heavy atom. The number of carbonyl (C=O) groups excluding carboxylic acids is 1. The fourth-order valence-electron chi connectivity index (χ4n) is 3.38. The molecule has 2 aliphatic heterocycles. The second-order valence-electron chi connectivity index (χ2n) is 6.54. The zero-order chi connectivity index (χ0) is 16.2. The molecular formula is C17H26N4OS. The number of piperidine rings is 1. The van der Waals surface area contributed by atoms with Crippen LogP contribution < -0.4 is 4.90 Å². The van der Waals surface area contributed by atoms with Crippen molar-refractivity contribution in [2.45, 2.75) is 33.1 Å². The highest BCUT2D eigenvalue weighted by atomic mass is 32.2. The van der Waals surface area contributed by atoms with E-state index >= 15 is 0 Å². The van der Waals surface area contributed by atoms with Gasteiger partial charge in [0.2, 0.25) is 5.91 Å². The fraction of sp³-hybridized carbons (Fsp3) is 0.706. The summed E-state index contributed by atoms with van der Waals surface area (Å²) < 4.78 is 0. The minimum atomic E-state index is 0.359. The zero-order valence-corrected chi connectivity index (χ0v) is 14.9. The van der Waals surface area contributed by atoms with Gasteiger partial charge in [-0.3, -0.25) is 4.79 Å². The first-order chi connectivity index (χ1) is 11.1. The van der Waals surface area contributed by atoms with Gasteiger partial charge in [-0.15, -0.1) is 0 Å². The average molecular weight is 334 g/mol. The number of amides is 1. The first-order valence-electron chi connectivity index (χ1n) is 8.54. The van der Waals surface area contributed by atoms with Crippen molar-refractivity contribution < 1.29 is 4.79 Å². The molecule has 1 aromatic heterocycles. The quantitative estimate of drug-likeness (QED) is 0.849. The summed E-state index contributed by atoms with van der Waals surface area (Å²) in [6.07, 6.45) is 4.54. The van der Waals surface area contributed by atoms with Crippen LogP contribution in [0.25, 0.3) is 0 Å². The van der Waals surface area contributed by atoms with Gasteiger partial charge in [0.1, 0.15) is 12.1 Å². The van der Waals surface area contributed by atoms with Gasteiger partial charge in [-0.2, -0.15) is 11.8 Å². The van der Waals surface area contributed by atoms with Crippen molar-refractivity contribution in [3.05, 3.63) is 17.6 Å². The SMILES string of the molecule is Cc1ncnc(N2CCC(CC(=O)N3CCSCC3)CC2)c1C. The molecule has 1 aromatic rings. The molecular weight excluding hydrogens is 308 g/mol. The molecule has 0 atom stereocenters. The minimum absolute atomic E-state index is 0.359. The number of aryl methyl sites for hydroxylation is 1. The van der Waals surface area contributed by atoms with Gasteiger partial charge < -0.3 is 9.80 Å². The molecule has 2 fully saturated rings. The van der Waals surface area contributed by atoms with Crippen LogP contribution in [0.5, 0.6) is 0 Å². The lowest BCUT2D eigenvalue weighted by molar-refractivity contribution is -0.132. The second-order valence-corrected chi connectivity index (χ2v) is 7.76. The molecule has 0 aromatic carbocycles. The topological polar surface area (TPSA) is 49.3 Å². The van der Waals surface area contributed by atoms with E-state index in [0.717, 1.165) is 68.5 Å². The zero-order valence-electron chi connectivity index (χ0n) is 14.1. The number of carbonyl (C=O) groups is 1. The van der Waals surface area contributed by atoms with E-state index in [9.17, 15) is 4.79 Å². The summed E-state index contributed by atoms with van der Waals surface area (Å²) in [7, 11) is 0. The van der Waals surface area contributed by atoms with Crippen LogP contribution in [0, 0.1) is 19.8 Å². The lowest BCUT2D eigenvalue weighted by Crippen LogP contribution is -2.41. The largest absolute Gasteiger partial charge is 0.356 e. The number of hydrogen-bond donors (Lipinski definition) is 0. The number of aromatic nitrogens is 2. The van der Waals surface area contributed by atoms with E-state index in [1.165, 1.54) is 5.56 Å². The Hall–Kier alpha value is -1.30. The maximum Gasteiger partial charge on any atom is 0.222 e. The third-order valence-electron chi connectivity index (χ3n) is 5.05. The van der Waals surface area contributed by atoms with Crippen molar-refractivity contribution >= 4 is 23.5 Å². The van der Waals surface area contributed by atoms with Crippen molar-refractivity contribution in [2.24, 2.45) is 5.92 Å². The summed E-state index contributed by atoms with van der Waals surface area (Å²) in [5, 5.41) is 0. The Balaban J connectivity index is 1.52. The van der Waals surface area contributed by atoms with Crippen LogP contribution in [0.3, 0.4) is 0 Å². The molecule has 0 bridgehead atoms. The molecule has 0 spiro atoms. The normalized spacial score (nSPS) is 19.9. The van der Waals surface area contributed by atoms with Gasteiger partial charge in [0.25, 0.3) is 0 Å². The van der Waals surface area contributed by atoms with Crippen molar-refractivity contribution in [3.63, 3.8) is 0 Å². The molecule has 3 rings (SSSR count). The predicted molar refractivity (Wildman–Crippen MR) is 95.0 cm³/mol. The highest BCUT2D eigenvalue weighted by Crippen LogP contribution is 2.27. The molecule has 6 heteroatoms. The number of thioether (sulfide) groups is 1. The van der Waals surface area contributed by atoms with Crippen molar-refractivity contribution in [1.82, 2.24) is 14.9 Å². The molecule has 2 saturated heterocycles. The van der Waals surface area contributed by atoms with Crippen molar-refractivity contribution in [3.8, 4) is 0 Å². The minimum Gasteiger partial charge on any atom is -0.356 e. The monoisotopic (exact) mass is 334 g/mol. The van der Waals surface area contributed by atoms with Gasteiger partial charge in [-0.1, -0.05) is 0 Å². The molecule has 0 N–H and O–H groups in total. The molecule has 0 radical (unpaired) electrons. The van der Waals surface area contributed by atoms with Crippen LogP contribution in [-0.4, -0.2) is 58.5 Å². The van der Waals surface area contributed by atoms with Gasteiger partial charge in [0, 0.05) is 55.4 Å². The summed E-state index contributed by atoms with van der Waals surface area (Å²) in [5.74, 6) is 4.14. The second kappa shape index (κ2) is 7.51. The standard InChI is InChI=1S/C17H26N4OS/c1-13-14(2)18-12-19-17(13)21-5-3-15(4-6-21)11-16(22)20-7-9-23-10-8-20/h12,15H,3-11H2,1-2H3. The summed E-state index contributed by atoms with van der Waals surface area (Å²) in [5.41, 5.74) is 2.23. The molecule has 2 aliphatic rings. The third kappa shape index (κ3) is 3.97. The summed E-state index contributed by atoms with van der Waals surface area (Å²) >= 11 is 1.95. The van der Waals surface area contributed by atoms with E-state index < -0.39 is 0 Å². The lowest BCUT2D eigenvalue weighted by Gasteiger charge is -2.34. The average Bonchev–Trinajstić information content (AvgIpc) is 2.59. The van der Waals surface area contributed by atoms with E-state index in [0.29, 0.717) is 11.8 Å². The van der Waals surface area contributed by atoms with Crippen LogP contribution in [0.1, 0.15) is 30.5 Å². The van der Waals surface area contributed by atoms with E-state index in [1.807, 2.05) is 18.7 Å². The Kier molecular flexibility index (Phi) is 5.41. The highest BCUT2D eigenvalue weighted by Gasteiger charge is 2.26. The summed E-state index contributed by atoms with van der Waals surface area (Å²) in [4.78, 5) is 25.5. The molecule has 0 saturated carbocycles. The number of hydrogen-bond acceptors (Lipinski definition) is 5.